The van der Waals surface area contributed by atoms with Crippen LogP contribution < -0.4 is 0 Å². The van der Waals surface area contributed by atoms with Crippen LogP contribution >= 0.6 is 0 Å². The number of hydrogen-bond donors (Lipinski definition) is 0. The van der Waals surface area contributed by atoms with E-state index in [1.807, 2.05) is 48.5 Å². The maximum Gasteiger partial charge on any atom is 0.330 e. The molecule has 0 N–H and O–H groups in total. The van der Waals surface area contributed by atoms with E-state index in [9.17, 15) is 9.59 Å². The second kappa shape index (κ2) is 6.77. The lowest BCUT2D eigenvalue weighted by atomic mass is 9.79. The Kier molecular flexibility index (Phi) is 4.52. The molecule has 0 fully saturated rings. The van der Waals surface area contributed by atoms with Crippen LogP contribution in [0.5, 0.6) is 0 Å². The second-order valence-electron chi connectivity index (χ2n) is 5.80. The normalized spacial score (nSPS) is 13.3. The van der Waals surface area contributed by atoms with Gasteiger partial charge in [-0.25, -0.2) is 9.59 Å². The number of carbonyl (C=O) groups excluding carboxylic acids is 2. The van der Waals surface area contributed by atoms with Gasteiger partial charge in [0.05, 0.1) is 5.41 Å². The van der Waals surface area contributed by atoms with Gasteiger partial charge >= 0.3 is 11.9 Å². The van der Waals surface area contributed by atoms with Crippen LogP contribution in [0.15, 0.2) is 73.8 Å². The van der Waals surface area contributed by atoms with Crippen LogP contribution in [-0.2, 0) is 24.5 Å². The van der Waals surface area contributed by atoms with E-state index in [4.69, 9.17) is 9.47 Å². The van der Waals surface area contributed by atoms with E-state index in [2.05, 4.69) is 13.2 Å². The molecule has 2 aromatic carbocycles. The lowest BCUT2D eigenvalue weighted by molar-refractivity contribution is -0.143. The number of esters is 2. The molecule has 0 atom stereocenters. The van der Waals surface area contributed by atoms with Gasteiger partial charge in [-0.2, -0.15) is 0 Å². The molecule has 25 heavy (non-hydrogen) atoms. The first-order chi connectivity index (χ1) is 12.1. The lowest BCUT2D eigenvalue weighted by Crippen LogP contribution is -2.38. The molecule has 0 saturated carbocycles. The van der Waals surface area contributed by atoms with E-state index >= 15 is 0 Å². The Morgan fingerprint density at radius 3 is 1.60 bits per heavy atom. The zero-order valence-corrected chi connectivity index (χ0v) is 13.7. The average Bonchev–Trinajstić information content (AvgIpc) is 2.95. The van der Waals surface area contributed by atoms with Gasteiger partial charge in [0.25, 0.3) is 0 Å². The van der Waals surface area contributed by atoms with Gasteiger partial charge in [-0.05, 0) is 22.3 Å². The number of ether oxygens (including phenoxy) is 2. The van der Waals surface area contributed by atoms with E-state index < -0.39 is 17.4 Å². The molecule has 0 spiro atoms. The van der Waals surface area contributed by atoms with Gasteiger partial charge in [-0.15, -0.1) is 0 Å². The third-order valence-electron chi connectivity index (χ3n) is 4.43. The number of hydrogen-bond acceptors (Lipinski definition) is 4. The molecule has 4 heteroatoms. The summed E-state index contributed by atoms with van der Waals surface area (Å²) in [5.74, 6) is -1.03. The molecule has 0 radical (unpaired) electrons. The van der Waals surface area contributed by atoms with Crippen molar-refractivity contribution in [3.8, 4) is 11.1 Å². The van der Waals surface area contributed by atoms with Crippen molar-refractivity contribution in [1.82, 2.24) is 0 Å². The summed E-state index contributed by atoms with van der Waals surface area (Å²) in [5, 5.41) is 0. The summed E-state index contributed by atoms with van der Waals surface area (Å²) in [5.41, 5.74) is 3.25. The van der Waals surface area contributed by atoms with Gasteiger partial charge in [-0.3, -0.25) is 0 Å². The summed E-state index contributed by atoms with van der Waals surface area (Å²) < 4.78 is 10.8. The van der Waals surface area contributed by atoms with Gasteiger partial charge in [0.2, 0.25) is 0 Å². The smallest absolute Gasteiger partial charge is 0.330 e. The van der Waals surface area contributed by atoms with E-state index in [1.54, 1.807) is 0 Å². The molecule has 0 amide bonds. The first-order valence-corrected chi connectivity index (χ1v) is 7.90. The van der Waals surface area contributed by atoms with E-state index in [0.717, 1.165) is 34.4 Å². The Balaban J connectivity index is 2.11. The second-order valence-corrected chi connectivity index (χ2v) is 5.80. The Morgan fingerprint density at radius 2 is 1.20 bits per heavy atom. The highest BCUT2D eigenvalue weighted by molar-refractivity contribution is 5.84. The van der Waals surface area contributed by atoms with Gasteiger partial charge in [0.1, 0.15) is 13.2 Å². The van der Waals surface area contributed by atoms with E-state index in [0.29, 0.717) is 0 Å². The summed E-state index contributed by atoms with van der Waals surface area (Å²) in [4.78, 5) is 23.3. The van der Waals surface area contributed by atoms with Crippen LogP contribution in [0.2, 0.25) is 0 Å². The summed E-state index contributed by atoms with van der Waals surface area (Å²) in [6, 6.07) is 15.7. The Labute approximate surface area is 146 Å². The van der Waals surface area contributed by atoms with Gasteiger partial charge in [0, 0.05) is 12.2 Å². The van der Waals surface area contributed by atoms with Crippen molar-refractivity contribution < 1.29 is 19.1 Å². The van der Waals surface area contributed by atoms with Crippen LogP contribution in [-0.4, -0.2) is 25.2 Å². The molecule has 3 rings (SSSR count). The summed E-state index contributed by atoms with van der Waals surface area (Å²) >= 11 is 0. The fourth-order valence-electron chi connectivity index (χ4n) is 3.27. The molecule has 0 aromatic heterocycles. The molecule has 2 aromatic rings. The van der Waals surface area contributed by atoms with Crippen molar-refractivity contribution in [2.24, 2.45) is 0 Å². The largest absolute Gasteiger partial charge is 0.461 e. The van der Waals surface area contributed by atoms with E-state index in [-0.39, 0.29) is 13.2 Å². The minimum absolute atomic E-state index is 0.0519. The number of benzene rings is 2. The third kappa shape index (κ3) is 2.87. The van der Waals surface area contributed by atoms with Gasteiger partial charge in [0.15, 0.2) is 0 Å². The molecule has 0 aliphatic heterocycles. The number of carbonyl (C=O) groups is 2. The monoisotopic (exact) mass is 334 g/mol. The quantitative estimate of drug-likeness (QED) is 0.600. The van der Waals surface area contributed by atoms with Crippen molar-refractivity contribution in [1.29, 1.82) is 0 Å². The van der Waals surface area contributed by atoms with Gasteiger partial charge in [-0.1, -0.05) is 61.7 Å². The highest BCUT2D eigenvalue weighted by Gasteiger charge is 2.45. The molecule has 0 bridgehead atoms. The Bertz CT molecular complexity index is 779. The standard InChI is InChI=1S/C21H18O4/c1-3-19(22)24-13-21(14-25-20(23)4-2)17-11-7-5-9-15(17)16-10-6-8-12-18(16)21/h3-12H,1-2,13-14H2. The molecular weight excluding hydrogens is 316 g/mol. The SMILES string of the molecule is C=CC(=O)OCC1(COC(=O)C=C)c2ccccc2-c2ccccc21. The molecule has 1 aliphatic carbocycles. The minimum Gasteiger partial charge on any atom is -0.461 e. The minimum atomic E-state index is -0.759. The predicted octanol–water partition coefficient (Wildman–Crippen LogP) is 3.41. The maximum atomic E-state index is 11.7. The van der Waals surface area contributed by atoms with Crippen LogP contribution in [0, 0.1) is 0 Å². The molecule has 4 nitrogen and oxygen atoms in total. The Morgan fingerprint density at radius 1 is 0.800 bits per heavy atom. The zero-order chi connectivity index (χ0) is 17.9. The summed E-state index contributed by atoms with van der Waals surface area (Å²) in [7, 11) is 0. The van der Waals surface area contributed by atoms with Crippen molar-refractivity contribution in [3.05, 3.63) is 85.0 Å². The van der Waals surface area contributed by atoms with Crippen molar-refractivity contribution >= 4 is 11.9 Å². The summed E-state index contributed by atoms with van der Waals surface area (Å²) in [6.07, 6.45) is 2.24. The molecule has 0 heterocycles. The molecule has 0 unspecified atom stereocenters. The van der Waals surface area contributed by atoms with Crippen molar-refractivity contribution in [2.45, 2.75) is 5.41 Å². The van der Waals surface area contributed by atoms with E-state index in [1.165, 1.54) is 0 Å². The van der Waals surface area contributed by atoms with Crippen LogP contribution in [0.3, 0.4) is 0 Å². The fraction of sp³-hybridized carbons (Fsp3) is 0.143. The number of rotatable bonds is 6. The highest BCUT2D eigenvalue weighted by atomic mass is 16.5. The van der Waals surface area contributed by atoms with Crippen molar-refractivity contribution in [3.63, 3.8) is 0 Å². The average molecular weight is 334 g/mol. The zero-order valence-electron chi connectivity index (χ0n) is 13.7. The third-order valence-corrected chi connectivity index (χ3v) is 4.43. The van der Waals surface area contributed by atoms with Crippen LogP contribution in [0.25, 0.3) is 11.1 Å². The predicted molar refractivity (Wildman–Crippen MR) is 95.0 cm³/mol. The molecular formula is C21H18O4. The highest BCUT2D eigenvalue weighted by Crippen LogP contribution is 2.49. The van der Waals surface area contributed by atoms with Crippen LogP contribution in [0.1, 0.15) is 11.1 Å². The number of fused-ring (bicyclic) bond motifs is 3. The topological polar surface area (TPSA) is 52.6 Å². The lowest BCUT2D eigenvalue weighted by Gasteiger charge is -2.30. The van der Waals surface area contributed by atoms with Crippen LogP contribution in [0.4, 0.5) is 0 Å². The maximum absolute atomic E-state index is 11.7. The van der Waals surface area contributed by atoms with Crippen molar-refractivity contribution in [2.75, 3.05) is 13.2 Å². The fourth-order valence-corrected chi connectivity index (χ4v) is 3.27. The van der Waals surface area contributed by atoms with Gasteiger partial charge < -0.3 is 9.47 Å². The molecule has 126 valence electrons. The Hall–Kier alpha value is -3.14. The first kappa shape index (κ1) is 16.7. The first-order valence-electron chi connectivity index (χ1n) is 7.90. The molecule has 0 saturated heterocycles. The summed E-state index contributed by atoms with van der Waals surface area (Å²) in [6.45, 7) is 6.97. The molecule has 1 aliphatic rings.